The summed E-state index contributed by atoms with van der Waals surface area (Å²) in [7, 11) is 0. The van der Waals surface area contributed by atoms with E-state index in [0.29, 0.717) is 17.9 Å². The van der Waals surface area contributed by atoms with Crippen molar-refractivity contribution in [3.05, 3.63) is 47.5 Å². The minimum absolute atomic E-state index is 0.216. The van der Waals surface area contributed by atoms with E-state index in [1.807, 2.05) is 6.92 Å². The molecule has 0 saturated carbocycles. The van der Waals surface area contributed by atoms with Gasteiger partial charge in [-0.25, -0.2) is 4.98 Å². The van der Waals surface area contributed by atoms with E-state index >= 15 is 0 Å². The predicted molar refractivity (Wildman–Crippen MR) is 67.9 cm³/mol. The molecular formula is C14H13F3N2O. The summed E-state index contributed by atoms with van der Waals surface area (Å²) in [6.07, 6.45) is 0.331. The third-order valence-electron chi connectivity index (χ3n) is 2.94. The van der Waals surface area contributed by atoms with E-state index < -0.39 is 11.7 Å². The first kappa shape index (κ1) is 14.3. The van der Waals surface area contributed by atoms with Crippen molar-refractivity contribution in [3.63, 3.8) is 0 Å². The Hall–Kier alpha value is -2.11. The van der Waals surface area contributed by atoms with E-state index in [2.05, 4.69) is 4.98 Å². The van der Waals surface area contributed by atoms with Crippen LogP contribution in [0.25, 0.3) is 5.69 Å². The van der Waals surface area contributed by atoms with Crippen LogP contribution in [0.3, 0.4) is 0 Å². The van der Waals surface area contributed by atoms with Gasteiger partial charge in [-0.15, -0.1) is 0 Å². The summed E-state index contributed by atoms with van der Waals surface area (Å²) < 4.78 is 40.4. The van der Waals surface area contributed by atoms with E-state index in [1.54, 1.807) is 17.0 Å². The number of halogens is 3. The number of carbonyl (C=O) groups is 1. The molecule has 6 heteroatoms. The van der Waals surface area contributed by atoms with Crippen LogP contribution in [-0.4, -0.2) is 15.8 Å². The largest absolute Gasteiger partial charge is 0.417 e. The number of imidazole rings is 1. The molecule has 3 nitrogen and oxygen atoms in total. The smallest absolute Gasteiger partial charge is 0.304 e. The van der Waals surface area contributed by atoms with Crippen molar-refractivity contribution in [2.45, 2.75) is 25.9 Å². The third kappa shape index (κ3) is 2.74. The zero-order valence-electron chi connectivity index (χ0n) is 10.8. The average molecular weight is 282 g/mol. The van der Waals surface area contributed by atoms with Crippen LogP contribution in [0.4, 0.5) is 13.2 Å². The Morgan fingerprint density at radius 3 is 2.70 bits per heavy atom. The molecule has 0 saturated heterocycles. The first-order chi connectivity index (χ1) is 9.47. The maximum atomic E-state index is 12.9. The van der Waals surface area contributed by atoms with Gasteiger partial charge in [0.05, 0.1) is 5.56 Å². The molecule has 0 amide bonds. The van der Waals surface area contributed by atoms with Crippen LogP contribution in [-0.2, 0) is 12.6 Å². The maximum absolute atomic E-state index is 12.9. The van der Waals surface area contributed by atoms with Crippen LogP contribution in [0.1, 0.15) is 35.1 Å². The second-order valence-corrected chi connectivity index (χ2v) is 4.35. The van der Waals surface area contributed by atoms with E-state index in [9.17, 15) is 18.0 Å². The molecular weight excluding hydrogens is 269 g/mol. The molecule has 0 fully saturated rings. The van der Waals surface area contributed by atoms with Crippen molar-refractivity contribution < 1.29 is 18.0 Å². The molecule has 2 aromatic rings. The lowest BCUT2D eigenvalue weighted by molar-refractivity contribution is -0.137. The summed E-state index contributed by atoms with van der Waals surface area (Å²) in [5, 5.41) is 0. The van der Waals surface area contributed by atoms with Gasteiger partial charge < -0.3 is 4.57 Å². The number of aromatic nitrogens is 2. The van der Waals surface area contributed by atoms with Crippen molar-refractivity contribution in [3.8, 4) is 5.69 Å². The van der Waals surface area contributed by atoms with Crippen LogP contribution in [0.2, 0.25) is 0 Å². The van der Waals surface area contributed by atoms with Gasteiger partial charge in [-0.3, -0.25) is 4.79 Å². The fourth-order valence-electron chi connectivity index (χ4n) is 2.02. The minimum atomic E-state index is -4.56. The van der Waals surface area contributed by atoms with Gasteiger partial charge in [0.2, 0.25) is 0 Å². The Morgan fingerprint density at radius 1 is 1.35 bits per heavy atom. The SMILES string of the molecule is CCCc1nccn1-c1ccc(C=O)c(C(F)(F)F)c1. The quantitative estimate of drug-likeness (QED) is 0.802. The second-order valence-electron chi connectivity index (χ2n) is 4.35. The molecule has 0 N–H and O–H groups in total. The number of nitrogens with zero attached hydrogens (tertiary/aromatic N) is 2. The van der Waals surface area contributed by atoms with Gasteiger partial charge in [0, 0.05) is 30.1 Å². The maximum Gasteiger partial charge on any atom is 0.417 e. The van der Waals surface area contributed by atoms with Gasteiger partial charge in [0.15, 0.2) is 6.29 Å². The van der Waals surface area contributed by atoms with Gasteiger partial charge in [-0.1, -0.05) is 6.92 Å². The summed E-state index contributed by atoms with van der Waals surface area (Å²) in [4.78, 5) is 14.9. The van der Waals surface area contributed by atoms with Crippen LogP contribution in [0.15, 0.2) is 30.6 Å². The van der Waals surface area contributed by atoms with E-state index in [1.165, 1.54) is 12.1 Å². The Morgan fingerprint density at radius 2 is 2.10 bits per heavy atom. The Balaban J connectivity index is 2.53. The highest BCUT2D eigenvalue weighted by Gasteiger charge is 2.33. The number of hydrogen-bond acceptors (Lipinski definition) is 2. The van der Waals surface area contributed by atoms with Crippen LogP contribution >= 0.6 is 0 Å². The summed E-state index contributed by atoms with van der Waals surface area (Å²) in [6.45, 7) is 1.97. The van der Waals surface area contributed by atoms with Crippen LogP contribution < -0.4 is 0 Å². The monoisotopic (exact) mass is 282 g/mol. The molecule has 0 unspecified atom stereocenters. The summed E-state index contributed by atoms with van der Waals surface area (Å²) in [5.41, 5.74) is -0.941. The van der Waals surface area contributed by atoms with E-state index in [4.69, 9.17) is 0 Å². The Labute approximate surface area is 114 Å². The van der Waals surface area contributed by atoms with Crippen molar-refractivity contribution >= 4 is 6.29 Å². The highest BCUT2D eigenvalue weighted by atomic mass is 19.4. The number of aryl methyl sites for hydroxylation is 1. The summed E-state index contributed by atoms with van der Waals surface area (Å²) in [6, 6.07) is 3.64. The lowest BCUT2D eigenvalue weighted by Crippen LogP contribution is -2.10. The first-order valence-corrected chi connectivity index (χ1v) is 6.16. The van der Waals surface area contributed by atoms with Crippen LogP contribution in [0, 0.1) is 0 Å². The van der Waals surface area contributed by atoms with Crippen LogP contribution in [0.5, 0.6) is 0 Å². The molecule has 0 atom stereocenters. The van der Waals surface area contributed by atoms with E-state index in [-0.39, 0.29) is 11.8 Å². The number of carbonyl (C=O) groups excluding carboxylic acids is 1. The zero-order chi connectivity index (χ0) is 14.8. The topological polar surface area (TPSA) is 34.9 Å². The Kier molecular flexibility index (Phi) is 3.92. The first-order valence-electron chi connectivity index (χ1n) is 6.16. The second kappa shape index (κ2) is 5.48. The molecule has 1 heterocycles. The van der Waals surface area contributed by atoms with Gasteiger partial charge in [-0.2, -0.15) is 13.2 Å². The third-order valence-corrected chi connectivity index (χ3v) is 2.94. The zero-order valence-corrected chi connectivity index (χ0v) is 10.8. The lowest BCUT2D eigenvalue weighted by Gasteiger charge is -2.13. The number of rotatable bonds is 4. The number of hydrogen-bond donors (Lipinski definition) is 0. The standard InChI is InChI=1S/C14H13F3N2O/c1-2-3-13-18-6-7-19(13)11-5-4-10(9-20)12(8-11)14(15,16)17/h4-9H,2-3H2,1H3. The highest BCUT2D eigenvalue weighted by molar-refractivity contribution is 5.78. The van der Waals surface area contributed by atoms with Gasteiger partial charge in [-0.05, 0) is 24.6 Å². The lowest BCUT2D eigenvalue weighted by atomic mass is 10.1. The van der Waals surface area contributed by atoms with Gasteiger partial charge in [0.1, 0.15) is 5.82 Å². The van der Waals surface area contributed by atoms with Crippen molar-refractivity contribution in [2.75, 3.05) is 0 Å². The minimum Gasteiger partial charge on any atom is -0.304 e. The number of alkyl halides is 3. The fraction of sp³-hybridized carbons (Fsp3) is 0.286. The number of benzene rings is 1. The molecule has 1 aromatic carbocycles. The van der Waals surface area contributed by atoms with Crippen molar-refractivity contribution in [1.29, 1.82) is 0 Å². The summed E-state index contributed by atoms with van der Waals surface area (Å²) in [5.74, 6) is 0.694. The molecule has 0 aliphatic carbocycles. The normalized spacial score (nSPS) is 11.6. The fourth-order valence-corrected chi connectivity index (χ4v) is 2.02. The predicted octanol–water partition coefficient (Wildman–Crippen LogP) is 3.66. The molecule has 2 rings (SSSR count). The van der Waals surface area contributed by atoms with Crippen molar-refractivity contribution in [2.24, 2.45) is 0 Å². The molecule has 0 aliphatic rings. The molecule has 0 bridgehead atoms. The molecule has 1 aromatic heterocycles. The average Bonchev–Trinajstić information content (AvgIpc) is 2.85. The van der Waals surface area contributed by atoms with E-state index in [0.717, 1.165) is 12.5 Å². The molecule has 0 aliphatic heterocycles. The van der Waals surface area contributed by atoms with Gasteiger partial charge >= 0.3 is 6.18 Å². The highest BCUT2D eigenvalue weighted by Crippen LogP contribution is 2.33. The summed E-state index contributed by atoms with van der Waals surface area (Å²) >= 11 is 0. The van der Waals surface area contributed by atoms with Gasteiger partial charge in [0.25, 0.3) is 0 Å². The Bertz CT molecular complexity index is 617. The molecule has 0 spiro atoms. The van der Waals surface area contributed by atoms with Crippen molar-refractivity contribution in [1.82, 2.24) is 9.55 Å². The molecule has 106 valence electrons. The number of aldehydes is 1. The molecule has 0 radical (unpaired) electrons. The molecule has 20 heavy (non-hydrogen) atoms.